The highest BCUT2D eigenvalue weighted by atomic mass is 32.1. The maximum absolute atomic E-state index is 13.8. The minimum Gasteiger partial charge on any atom is -0.462 e. The van der Waals surface area contributed by atoms with Gasteiger partial charge in [-0.15, -0.1) is 0 Å². The first-order valence-electron chi connectivity index (χ1n) is 7.99. The first-order chi connectivity index (χ1) is 13.0. The zero-order valence-electron chi connectivity index (χ0n) is 14.2. The highest BCUT2D eigenvalue weighted by Gasteiger charge is 2.22. The quantitative estimate of drug-likeness (QED) is 0.653. The van der Waals surface area contributed by atoms with Crippen molar-refractivity contribution in [2.24, 2.45) is 0 Å². The molecule has 1 aromatic heterocycles. The van der Waals surface area contributed by atoms with Gasteiger partial charge in [0, 0.05) is 5.56 Å². The Hall–Kier alpha value is -3.13. The molecule has 0 saturated carbocycles. The maximum atomic E-state index is 13.8. The van der Waals surface area contributed by atoms with Crippen LogP contribution < -0.4 is 5.32 Å². The Labute approximate surface area is 157 Å². The molecule has 0 saturated heterocycles. The van der Waals surface area contributed by atoms with Crippen LogP contribution in [0.4, 0.5) is 13.9 Å². The Morgan fingerprint density at radius 3 is 2.59 bits per heavy atom. The molecule has 0 aliphatic rings. The van der Waals surface area contributed by atoms with Crippen LogP contribution in [0.15, 0.2) is 48.5 Å². The van der Waals surface area contributed by atoms with Crippen molar-refractivity contribution in [1.29, 1.82) is 0 Å². The molecule has 0 spiro atoms. The zero-order valence-corrected chi connectivity index (χ0v) is 15.0. The molecule has 3 aromatic rings. The molecule has 3 rings (SSSR count). The normalized spacial score (nSPS) is 10.5. The Bertz CT molecular complexity index is 990. The predicted molar refractivity (Wildman–Crippen MR) is 97.8 cm³/mol. The van der Waals surface area contributed by atoms with Crippen molar-refractivity contribution >= 4 is 28.3 Å². The molecule has 0 fully saturated rings. The molecule has 0 unspecified atom stereocenters. The lowest BCUT2D eigenvalue weighted by atomic mass is 10.1. The number of thiazole rings is 1. The van der Waals surface area contributed by atoms with Crippen LogP contribution in [0.25, 0.3) is 11.3 Å². The summed E-state index contributed by atoms with van der Waals surface area (Å²) in [6.45, 7) is 1.86. The molecule has 27 heavy (non-hydrogen) atoms. The number of carbonyl (C=O) groups excluding carboxylic acids is 2. The number of nitrogens with zero attached hydrogens (tertiary/aromatic N) is 1. The van der Waals surface area contributed by atoms with Gasteiger partial charge in [0.15, 0.2) is 5.13 Å². The Morgan fingerprint density at radius 1 is 1.15 bits per heavy atom. The van der Waals surface area contributed by atoms with Crippen LogP contribution in [0.1, 0.15) is 27.0 Å². The van der Waals surface area contributed by atoms with Crippen molar-refractivity contribution in [3.05, 3.63) is 70.6 Å². The lowest BCUT2D eigenvalue weighted by Gasteiger charge is -2.03. The van der Waals surface area contributed by atoms with Crippen LogP contribution in [0.3, 0.4) is 0 Å². The summed E-state index contributed by atoms with van der Waals surface area (Å²) >= 11 is 0.902. The zero-order chi connectivity index (χ0) is 19.4. The van der Waals surface area contributed by atoms with Gasteiger partial charge < -0.3 is 4.74 Å². The number of halogens is 2. The molecule has 0 atom stereocenters. The van der Waals surface area contributed by atoms with Gasteiger partial charge in [0.2, 0.25) is 0 Å². The third-order valence-corrected chi connectivity index (χ3v) is 4.48. The van der Waals surface area contributed by atoms with Crippen molar-refractivity contribution < 1.29 is 23.1 Å². The third-order valence-electron chi connectivity index (χ3n) is 3.53. The summed E-state index contributed by atoms with van der Waals surface area (Å²) in [6, 6.07) is 11.5. The minimum absolute atomic E-state index is 0.0746. The van der Waals surface area contributed by atoms with E-state index in [4.69, 9.17) is 4.74 Å². The van der Waals surface area contributed by atoms with Crippen LogP contribution in [-0.2, 0) is 4.74 Å². The molecular weight excluding hydrogens is 374 g/mol. The van der Waals surface area contributed by atoms with Gasteiger partial charge in [-0.2, -0.15) is 0 Å². The molecule has 1 N–H and O–H groups in total. The number of esters is 1. The average molecular weight is 388 g/mol. The summed E-state index contributed by atoms with van der Waals surface area (Å²) in [6.07, 6.45) is 0. The summed E-state index contributed by atoms with van der Waals surface area (Å²) in [5.74, 6) is -3.04. The molecule has 0 aliphatic heterocycles. The molecule has 2 aromatic carbocycles. The number of rotatable bonds is 5. The van der Waals surface area contributed by atoms with Crippen LogP contribution in [0, 0.1) is 11.6 Å². The number of carbonyl (C=O) groups is 2. The number of ether oxygens (including phenoxy) is 1. The first-order valence-corrected chi connectivity index (χ1v) is 8.81. The highest BCUT2D eigenvalue weighted by molar-refractivity contribution is 7.18. The van der Waals surface area contributed by atoms with E-state index in [1.807, 2.05) is 6.07 Å². The predicted octanol–water partition coefficient (Wildman–Crippen LogP) is 4.52. The lowest BCUT2D eigenvalue weighted by molar-refractivity contribution is 0.0532. The molecule has 1 heterocycles. The maximum Gasteiger partial charge on any atom is 0.350 e. The van der Waals surface area contributed by atoms with E-state index in [9.17, 15) is 18.4 Å². The van der Waals surface area contributed by atoms with Gasteiger partial charge in [0.1, 0.15) is 16.5 Å². The Balaban J connectivity index is 1.95. The number of nitrogens with one attached hydrogen (secondary N) is 1. The summed E-state index contributed by atoms with van der Waals surface area (Å²) in [4.78, 5) is 29.0. The number of aromatic nitrogens is 1. The molecule has 1 amide bonds. The summed E-state index contributed by atoms with van der Waals surface area (Å²) in [7, 11) is 0. The standard InChI is InChI=1S/C19H14F2N2O3S/c1-2-26-18(25)16-15(11-6-4-3-5-7-11)22-19(27-16)23-17(24)13-10-12(20)8-9-14(13)21/h3-10H,2H2,1H3,(H,22,23,24). The van der Waals surface area contributed by atoms with Gasteiger partial charge >= 0.3 is 5.97 Å². The number of amides is 1. The second-order valence-corrected chi connectivity index (χ2v) is 6.36. The largest absolute Gasteiger partial charge is 0.462 e. The van der Waals surface area contributed by atoms with Crippen molar-refractivity contribution in [2.75, 3.05) is 11.9 Å². The van der Waals surface area contributed by atoms with Gasteiger partial charge in [0.05, 0.1) is 17.9 Å². The minimum atomic E-state index is -0.865. The first kappa shape index (κ1) is 18.7. The second kappa shape index (κ2) is 8.05. The fraction of sp³-hybridized carbons (Fsp3) is 0.105. The van der Waals surface area contributed by atoms with Crippen LogP contribution in [-0.4, -0.2) is 23.5 Å². The average Bonchev–Trinajstić information content (AvgIpc) is 3.08. The number of hydrogen-bond acceptors (Lipinski definition) is 5. The van der Waals surface area contributed by atoms with E-state index >= 15 is 0 Å². The van der Waals surface area contributed by atoms with Gasteiger partial charge in [0.25, 0.3) is 5.91 Å². The van der Waals surface area contributed by atoms with Gasteiger partial charge in [-0.3, -0.25) is 10.1 Å². The molecule has 0 bridgehead atoms. The van der Waals surface area contributed by atoms with E-state index in [1.54, 1.807) is 31.2 Å². The van der Waals surface area contributed by atoms with Crippen molar-refractivity contribution in [3.63, 3.8) is 0 Å². The molecular formula is C19H14F2N2O3S. The van der Waals surface area contributed by atoms with Gasteiger partial charge in [-0.25, -0.2) is 18.6 Å². The van der Waals surface area contributed by atoms with Crippen molar-refractivity contribution in [2.45, 2.75) is 6.92 Å². The lowest BCUT2D eigenvalue weighted by Crippen LogP contribution is -2.14. The molecule has 8 heteroatoms. The van der Waals surface area contributed by atoms with E-state index in [0.717, 1.165) is 29.5 Å². The molecule has 5 nitrogen and oxygen atoms in total. The van der Waals surface area contributed by atoms with E-state index in [0.29, 0.717) is 11.3 Å². The van der Waals surface area contributed by atoms with Crippen LogP contribution in [0.5, 0.6) is 0 Å². The third kappa shape index (κ3) is 4.17. The van der Waals surface area contributed by atoms with Gasteiger partial charge in [-0.05, 0) is 25.1 Å². The smallest absolute Gasteiger partial charge is 0.350 e. The molecule has 138 valence electrons. The monoisotopic (exact) mass is 388 g/mol. The second-order valence-electron chi connectivity index (χ2n) is 5.36. The summed E-state index contributed by atoms with van der Waals surface area (Å²) in [5, 5.41) is 2.48. The fourth-order valence-corrected chi connectivity index (χ4v) is 3.21. The SMILES string of the molecule is CCOC(=O)c1sc(NC(=O)c2cc(F)ccc2F)nc1-c1ccccc1. The Morgan fingerprint density at radius 2 is 1.89 bits per heavy atom. The summed E-state index contributed by atoms with van der Waals surface area (Å²) < 4.78 is 32.1. The van der Waals surface area contributed by atoms with Crippen LogP contribution in [0.2, 0.25) is 0 Å². The topological polar surface area (TPSA) is 68.3 Å². The summed E-state index contributed by atoms with van der Waals surface area (Å²) in [5.41, 5.74) is 0.549. The molecule has 0 radical (unpaired) electrons. The number of anilines is 1. The number of hydrogen-bond donors (Lipinski definition) is 1. The van der Waals surface area contributed by atoms with Crippen molar-refractivity contribution in [3.8, 4) is 11.3 Å². The fourth-order valence-electron chi connectivity index (χ4n) is 2.34. The Kier molecular flexibility index (Phi) is 5.56. The van der Waals surface area contributed by atoms with Crippen molar-refractivity contribution in [1.82, 2.24) is 4.98 Å². The number of benzene rings is 2. The molecule has 0 aliphatic carbocycles. The highest BCUT2D eigenvalue weighted by Crippen LogP contribution is 2.32. The van der Waals surface area contributed by atoms with E-state index in [2.05, 4.69) is 10.3 Å². The van der Waals surface area contributed by atoms with Crippen LogP contribution >= 0.6 is 11.3 Å². The van der Waals surface area contributed by atoms with E-state index in [1.165, 1.54) is 0 Å². The van der Waals surface area contributed by atoms with E-state index in [-0.39, 0.29) is 16.6 Å². The van der Waals surface area contributed by atoms with Gasteiger partial charge in [-0.1, -0.05) is 41.7 Å². The van der Waals surface area contributed by atoms with E-state index < -0.39 is 29.1 Å².